The Morgan fingerprint density at radius 3 is 2.57 bits per heavy atom. The highest BCUT2D eigenvalue weighted by Crippen LogP contribution is 2.39. The molecular weight excluding hydrogens is 399 g/mol. The fraction of sp³-hybridized carbons (Fsp3) is 0.476. The summed E-state index contributed by atoms with van der Waals surface area (Å²) >= 11 is 0. The lowest BCUT2D eigenvalue weighted by molar-refractivity contribution is -0.137. The molecule has 1 spiro atoms. The summed E-state index contributed by atoms with van der Waals surface area (Å²) < 4.78 is 38.1. The molecule has 6 nitrogen and oxygen atoms in total. The molecule has 1 aliphatic heterocycles. The predicted molar refractivity (Wildman–Crippen MR) is 102 cm³/mol. The zero-order valence-electron chi connectivity index (χ0n) is 16.5. The molecule has 2 aliphatic rings. The van der Waals surface area contributed by atoms with E-state index < -0.39 is 35.8 Å². The molecule has 1 aliphatic carbocycles. The highest BCUT2D eigenvalue weighted by atomic mass is 19.4. The van der Waals surface area contributed by atoms with Crippen LogP contribution in [0.5, 0.6) is 0 Å². The normalized spacial score (nSPS) is 18.4. The van der Waals surface area contributed by atoms with Crippen LogP contribution in [0.4, 0.5) is 18.0 Å². The molecule has 0 aromatic heterocycles. The van der Waals surface area contributed by atoms with Crippen LogP contribution in [0, 0.1) is 11.8 Å². The van der Waals surface area contributed by atoms with Crippen molar-refractivity contribution in [3.63, 3.8) is 0 Å². The number of nitrogens with one attached hydrogen (secondary N) is 1. The van der Waals surface area contributed by atoms with Crippen LogP contribution < -0.4 is 5.32 Å². The van der Waals surface area contributed by atoms with E-state index in [1.165, 1.54) is 17.0 Å². The van der Waals surface area contributed by atoms with Crippen molar-refractivity contribution in [3.05, 3.63) is 35.4 Å². The number of nitrogens with zero attached hydrogens (tertiary/aromatic N) is 2. The van der Waals surface area contributed by atoms with Gasteiger partial charge in [-0.3, -0.25) is 14.5 Å². The Labute approximate surface area is 172 Å². The van der Waals surface area contributed by atoms with E-state index in [1.807, 2.05) is 0 Å². The van der Waals surface area contributed by atoms with Gasteiger partial charge in [-0.1, -0.05) is 37.2 Å². The number of hydrogen-bond donors (Lipinski definition) is 1. The molecule has 3 rings (SSSR count). The quantitative estimate of drug-likeness (QED) is 0.603. The van der Waals surface area contributed by atoms with Gasteiger partial charge in [0.1, 0.15) is 12.1 Å². The zero-order valence-corrected chi connectivity index (χ0v) is 16.5. The summed E-state index contributed by atoms with van der Waals surface area (Å²) in [5.74, 6) is 4.23. The molecule has 1 saturated carbocycles. The van der Waals surface area contributed by atoms with Crippen molar-refractivity contribution in [2.24, 2.45) is 0 Å². The zero-order chi connectivity index (χ0) is 21.9. The van der Waals surface area contributed by atoms with Gasteiger partial charge in [-0.2, -0.15) is 13.2 Å². The maximum Gasteiger partial charge on any atom is 0.416 e. The molecule has 1 heterocycles. The monoisotopic (exact) mass is 421 g/mol. The first kappa shape index (κ1) is 21.7. The predicted octanol–water partition coefficient (Wildman–Crippen LogP) is 2.77. The van der Waals surface area contributed by atoms with Gasteiger partial charge in [0.2, 0.25) is 5.91 Å². The maximum atomic E-state index is 12.8. The minimum absolute atomic E-state index is 0.119. The third kappa shape index (κ3) is 4.27. The minimum Gasteiger partial charge on any atom is -0.344 e. The number of benzene rings is 1. The summed E-state index contributed by atoms with van der Waals surface area (Å²) in [6.07, 6.45) is -0.544. The standard InChI is InChI=1S/C21H22F3N3O3/c1-26-19(30)27(18(29)20(26)10-3-2-4-11-20)14-17(28)25-12-6-8-15-7-5-9-16(13-15)21(22,23)24/h5,7,9,13H,2-4,10-12,14H2,1H3,(H,25,28). The molecule has 9 heteroatoms. The van der Waals surface area contributed by atoms with Gasteiger partial charge in [0, 0.05) is 12.6 Å². The van der Waals surface area contributed by atoms with Crippen molar-refractivity contribution in [1.29, 1.82) is 0 Å². The van der Waals surface area contributed by atoms with Gasteiger partial charge in [0.05, 0.1) is 12.1 Å². The van der Waals surface area contributed by atoms with Crippen LogP contribution in [0.25, 0.3) is 0 Å². The molecule has 4 amide bonds. The highest BCUT2D eigenvalue weighted by Gasteiger charge is 2.55. The van der Waals surface area contributed by atoms with Gasteiger partial charge in [-0.15, -0.1) is 0 Å². The second-order valence-electron chi connectivity index (χ2n) is 7.48. The van der Waals surface area contributed by atoms with E-state index in [9.17, 15) is 27.6 Å². The number of imide groups is 1. The van der Waals surface area contributed by atoms with Crippen molar-refractivity contribution < 1.29 is 27.6 Å². The molecule has 160 valence electrons. The summed E-state index contributed by atoms with van der Waals surface area (Å²) in [6, 6.07) is 4.08. The van der Waals surface area contributed by atoms with Crippen LogP contribution in [-0.2, 0) is 15.8 Å². The molecular formula is C21H22F3N3O3. The summed E-state index contributed by atoms with van der Waals surface area (Å²) in [4.78, 5) is 39.9. The van der Waals surface area contributed by atoms with Crippen molar-refractivity contribution in [3.8, 4) is 11.8 Å². The average Bonchev–Trinajstić information content (AvgIpc) is 2.88. The average molecular weight is 421 g/mol. The fourth-order valence-corrected chi connectivity index (χ4v) is 3.93. The van der Waals surface area contributed by atoms with Gasteiger partial charge < -0.3 is 10.2 Å². The topological polar surface area (TPSA) is 69.7 Å². The lowest BCUT2D eigenvalue weighted by Gasteiger charge is -2.35. The number of hydrogen-bond acceptors (Lipinski definition) is 3. The van der Waals surface area contributed by atoms with Gasteiger partial charge in [-0.05, 0) is 31.0 Å². The Kier molecular flexibility index (Phi) is 6.06. The number of alkyl halides is 3. The molecule has 1 N–H and O–H groups in total. The van der Waals surface area contributed by atoms with Gasteiger partial charge in [0.25, 0.3) is 5.91 Å². The SMILES string of the molecule is CN1C(=O)N(CC(=O)NCC#Cc2cccc(C(F)(F)F)c2)C(=O)C12CCCCC2. The smallest absolute Gasteiger partial charge is 0.344 e. The van der Waals surface area contributed by atoms with Crippen molar-refractivity contribution in [2.75, 3.05) is 20.1 Å². The maximum absolute atomic E-state index is 12.8. The first-order valence-electron chi connectivity index (χ1n) is 9.68. The Morgan fingerprint density at radius 1 is 1.20 bits per heavy atom. The van der Waals surface area contributed by atoms with Crippen LogP contribution in [0.15, 0.2) is 24.3 Å². The number of likely N-dealkylation sites (N-methyl/N-ethyl adjacent to an activating group) is 1. The van der Waals surface area contributed by atoms with E-state index in [0.717, 1.165) is 36.3 Å². The van der Waals surface area contributed by atoms with Crippen molar-refractivity contribution in [2.45, 2.75) is 43.8 Å². The van der Waals surface area contributed by atoms with E-state index in [2.05, 4.69) is 17.2 Å². The number of carbonyl (C=O) groups is 3. The number of amides is 4. The second kappa shape index (κ2) is 8.38. The lowest BCUT2D eigenvalue weighted by atomic mass is 9.81. The number of carbonyl (C=O) groups excluding carboxylic acids is 3. The molecule has 0 bridgehead atoms. The molecule has 0 unspecified atom stereocenters. The van der Waals surface area contributed by atoms with Crippen molar-refractivity contribution >= 4 is 17.8 Å². The third-order valence-corrected chi connectivity index (χ3v) is 5.58. The molecule has 30 heavy (non-hydrogen) atoms. The highest BCUT2D eigenvalue weighted by molar-refractivity contribution is 6.08. The Morgan fingerprint density at radius 2 is 1.90 bits per heavy atom. The molecule has 1 aromatic carbocycles. The summed E-state index contributed by atoms with van der Waals surface area (Å²) in [6.45, 7) is -0.527. The van der Waals surface area contributed by atoms with Gasteiger partial charge >= 0.3 is 12.2 Å². The molecule has 1 aromatic rings. The van der Waals surface area contributed by atoms with Crippen molar-refractivity contribution in [1.82, 2.24) is 15.1 Å². The number of halogens is 3. The first-order valence-corrected chi connectivity index (χ1v) is 9.68. The van der Waals surface area contributed by atoms with Crippen LogP contribution in [0.1, 0.15) is 43.2 Å². The summed E-state index contributed by atoms with van der Waals surface area (Å²) in [5, 5.41) is 2.47. The summed E-state index contributed by atoms with van der Waals surface area (Å²) in [7, 11) is 1.59. The van der Waals surface area contributed by atoms with E-state index in [-0.39, 0.29) is 18.0 Å². The van der Waals surface area contributed by atoms with Crippen LogP contribution in [0.3, 0.4) is 0 Å². The van der Waals surface area contributed by atoms with E-state index >= 15 is 0 Å². The Hall–Kier alpha value is -3.02. The first-order chi connectivity index (χ1) is 14.1. The largest absolute Gasteiger partial charge is 0.416 e. The number of rotatable bonds is 3. The number of urea groups is 1. The van der Waals surface area contributed by atoms with Crippen LogP contribution in [-0.4, -0.2) is 53.3 Å². The van der Waals surface area contributed by atoms with E-state index in [4.69, 9.17) is 0 Å². The second-order valence-corrected chi connectivity index (χ2v) is 7.48. The van der Waals surface area contributed by atoms with Crippen LogP contribution >= 0.6 is 0 Å². The minimum atomic E-state index is -4.45. The van der Waals surface area contributed by atoms with Gasteiger partial charge in [-0.25, -0.2) is 4.79 Å². The molecule has 2 fully saturated rings. The fourth-order valence-electron chi connectivity index (χ4n) is 3.93. The molecule has 1 saturated heterocycles. The lowest BCUT2D eigenvalue weighted by Crippen LogP contribution is -2.49. The third-order valence-electron chi connectivity index (χ3n) is 5.58. The molecule has 0 radical (unpaired) electrons. The van der Waals surface area contributed by atoms with E-state index in [1.54, 1.807) is 7.05 Å². The van der Waals surface area contributed by atoms with Gasteiger partial charge in [0.15, 0.2) is 0 Å². The van der Waals surface area contributed by atoms with E-state index in [0.29, 0.717) is 12.8 Å². The Bertz CT molecular complexity index is 911. The van der Waals surface area contributed by atoms with Crippen LogP contribution in [0.2, 0.25) is 0 Å². The Balaban J connectivity index is 1.57. The molecule has 0 atom stereocenters. The summed E-state index contributed by atoms with van der Waals surface area (Å²) in [5.41, 5.74) is -1.48.